The van der Waals surface area contributed by atoms with Crippen molar-refractivity contribution in [3.05, 3.63) is 17.6 Å². The molecule has 1 aromatic heterocycles. The first-order valence-electron chi connectivity index (χ1n) is 5.25. The molecule has 0 aliphatic carbocycles. The highest BCUT2D eigenvalue weighted by molar-refractivity contribution is 7.98. The van der Waals surface area contributed by atoms with Gasteiger partial charge in [0, 0.05) is 13.1 Å². The molecule has 1 fully saturated rings. The highest BCUT2D eigenvalue weighted by atomic mass is 35.5. The van der Waals surface area contributed by atoms with Gasteiger partial charge < -0.3 is 4.90 Å². The van der Waals surface area contributed by atoms with Crippen LogP contribution >= 0.6 is 23.4 Å². The Kier molecular flexibility index (Phi) is 3.71. The maximum Gasteiger partial charge on any atom is 0.224 e. The van der Waals surface area contributed by atoms with Gasteiger partial charge >= 0.3 is 0 Å². The van der Waals surface area contributed by atoms with Crippen LogP contribution in [-0.4, -0.2) is 29.3 Å². The summed E-state index contributed by atoms with van der Waals surface area (Å²) in [5.41, 5.74) is 0.828. The van der Waals surface area contributed by atoms with Gasteiger partial charge in [-0.15, -0.1) is 11.8 Å². The SMILES string of the molecule is C=Cc1nc(Cl)nc(N2CCCC2)c1SC. The fourth-order valence-electron chi connectivity index (χ4n) is 1.91. The molecule has 0 N–H and O–H groups in total. The maximum atomic E-state index is 5.93. The van der Waals surface area contributed by atoms with Crippen LogP contribution in [0.4, 0.5) is 5.82 Å². The molecule has 0 aromatic carbocycles. The van der Waals surface area contributed by atoms with Gasteiger partial charge in [0.15, 0.2) is 0 Å². The second-order valence-electron chi connectivity index (χ2n) is 3.63. The summed E-state index contributed by atoms with van der Waals surface area (Å²) < 4.78 is 0. The lowest BCUT2D eigenvalue weighted by molar-refractivity contribution is 0.898. The molecule has 1 aromatic rings. The summed E-state index contributed by atoms with van der Waals surface area (Å²) >= 11 is 7.58. The third-order valence-corrected chi connectivity index (χ3v) is 3.62. The predicted molar refractivity (Wildman–Crippen MR) is 70.4 cm³/mol. The normalized spacial score (nSPS) is 15.5. The van der Waals surface area contributed by atoms with Crippen molar-refractivity contribution in [1.82, 2.24) is 9.97 Å². The molecular weight excluding hydrogens is 242 g/mol. The van der Waals surface area contributed by atoms with Crippen LogP contribution in [-0.2, 0) is 0 Å². The molecule has 86 valence electrons. The molecule has 2 heterocycles. The van der Waals surface area contributed by atoms with E-state index in [-0.39, 0.29) is 0 Å². The van der Waals surface area contributed by atoms with Gasteiger partial charge in [-0.1, -0.05) is 6.58 Å². The Hall–Kier alpha value is -0.740. The summed E-state index contributed by atoms with van der Waals surface area (Å²) in [6.07, 6.45) is 6.20. The van der Waals surface area contributed by atoms with E-state index in [1.54, 1.807) is 17.8 Å². The molecule has 1 saturated heterocycles. The van der Waals surface area contributed by atoms with Crippen molar-refractivity contribution in [3.63, 3.8) is 0 Å². The average molecular weight is 256 g/mol. The van der Waals surface area contributed by atoms with Crippen molar-refractivity contribution in [1.29, 1.82) is 0 Å². The Morgan fingerprint density at radius 3 is 2.62 bits per heavy atom. The third kappa shape index (κ3) is 2.18. The van der Waals surface area contributed by atoms with Crippen LogP contribution in [0.15, 0.2) is 11.5 Å². The molecule has 0 amide bonds. The zero-order chi connectivity index (χ0) is 11.5. The van der Waals surface area contributed by atoms with Gasteiger partial charge in [-0.2, -0.15) is 4.98 Å². The van der Waals surface area contributed by atoms with Gasteiger partial charge in [0.05, 0.1) is 10.6 Å². The van der Waals surface area contributed by atoms with Gasteiger partial charge in [0.1, 0.15) is 5.82 Å². The molecule has 2 rings (SSSR count). The van der Waals surface area contributed by atoms with E-state index in [0.29, 0.717) is 5.28 Å². The predicted octanol–water partition coefficient (Wildman–Crippen LogP) is 3.10. The standard InChI is InChI=1S/C11H14ClN3S/c1-3-8-9(16-2)10(14-11(12)13-8)15-6-4-5-7-15/h3H,1,4-7H2,2H3. The molecule has 5 heteroatoms. The number of nitrogens with zero attached hydrogens (tertiary/aromatic N) is 3. The summed E-state index contributed by atoms with van der Waals surface area (Å²) in [7, 11) is 0. The Labute approximate surface area is 105 Å². The number of rotatable bonds is 3. The number of hydrogen-bond donors (Lipinski definition) is 0. The molecule has 1 aliphatic rings. The lowest BCUT2D eigenvalue weighted by Gasteiger charge is -2.20. The lowest BCUT2D eigenvalue weighted by Crippen LogP contribution is -2.20. The highest BCUT2D eigenvalue weighted by Crippen LogP contribution is 2.32. The number of thioether (sulfide) groups is 1. The van der Waals surface area contributed by atoms with Gasteiger partial charge in [-0.3, -0.25) is 0 Å². The van der Waals surface area contributed by atoms with Gasteiger partial charge in [0.2, 0.25) is 5.28 Å². The second kappa shape index (κ2) is 5.06. The molecule has 3 nitrogen and oxygen atoms in total. The van der Waals surface area contributed by atoms with Gasteiger partial charge in [-0.05, 0) is 36.8 Å². The third-order valence-electron chi connectivity index (χ3n) is 2.65. The Morgan fingerprint density at radius 1 is 1.38 bits per heavy atom. The van der Waals surface area contributed by atoms with Crippen LogP contribution in [0.3, 0.4) is 0 Å². The van der Waals surface area contributed by atoms with Crippen molar-refractivity contribution in [3.8, 4) is 0 Å². The quantitative estimate of drug-likeness (QED) is 0.613. The molecule has 0 unspecified atom stereocenters. The monoisotopic (exact) mass is 255 g/mol. The Balaban J connectivity index is 2.48. The maximum absolute atomic E-state index is 5.93. The fourth-order valence-corrected chi connectivity index (χ4v) is 2.77. The largest absolute Gasteiger partial charge is 0.356 e. The van der Waals surface area contributed by atoms with E-state index < -0.39 is 0 Å². The van der Waals surface area contributed by atoms with Gasteiger partial charge in [-0.25, -0.2) is 4.98 Å². The molecule has 1 aliphatic heterocycles. The zero-order valence-electron chi connectivity index (χ0n) is 9.24. The summed E-state index contributed by atoms with van der Waals surface area (Å²) in [5, 5.41) is 0.301. The van der Waals surface area contributed by atoms with Crippen LogP contribution in [0.5, 0.6) is 0 Å². The van der Waals surface area contributed by atoms with Crippen LogP contribution in [0, 0.1) is 0 Å². The number of anilines is 1. The van der Waals surface area contributed by atoms with Gasteiger partial charge in [0.25, 0.3) is 0 Å². The van der Waals surface area contributed by atoms with Crippen LogP contribution in [0.2, 0.25) is 5.28 Å². The van der Waals surface area contributed by atoms with Crippen molar-refractivity contribution in [2.75, 3.05) is 24.2 Å². The molecular formula is C11H14ClN3S. The minimum Gasteiger partial charge on any atom is -0.356 e. The zero-order valence-corrected chi connectivity index (χ0v) is 10.8. The van der Waals surface area contributed by atoms with Crippen molar-refractivity contribution in [2.24, 2.45) is 0 Å². The summed E-state index contributed by atoms with van der Waals surface area (Å²) in [4.78, 5) is 11.9. The number of aromatic nitrogens is 2. The van der Waals surface area contributed by atoms with E-state index in [1.165, 1.54) is 12.8 Å². The summed E-state index contributed by atoms with van der Waals surface area (Å²) in [5.74, 6) is 0.958. The lowest BCUT2D eigenvalue weighted by atomic mass is 10.3. The van der Waals surface area contributed by atoms with Crippen LogP contribution in [0.1, 0.15) is 18.5 Å². The van der Waals surface area contributed by atoms with E-state index in [9.17, 15) is 0 Å². The first-order chi connectivity index (χ1) is 7.76. The fraction of sp³-hybridized carbons (Fsp3) is 0.455. The van der Waals surface area contributed by atoms with E-state index >= 15 is 0 Å². The summed E-state index contributed by atoms with van der Waals surface area (Å²) in [6.45, 7) is 5.87. The molecule has 0 saturated carbocycles. The Bertz CT molecular complexity index is 402. The second-order valence-corrected chi connectivity index (χ2v) is 4.79. The molecule has 0 spiro atoms. The minimum absolute atomic E-state index is 0.301. The average Bonchev–Trinajstić information content (AvgIpc) is 2.81. The van der Waals surface area contributed by atoms with Crippen molar-refractivity contribution < 1.29 is 0 Å². The number of halogens is 1. The molecule has 0 atom stereocenters. The minimum atomic E-state index is 0.301. The first kappa shape index (κ1) is 11.7. The van der Waals surface area contributed by atoms with Crippen molar-refractivity contribution in [2.45, 2.75) is 17.7 Å². The van der Waals surface area contributed by atoms with Crippen LogP contribution < -0.4 is 4.90 Å². The van der Waals surface area contributed by atoms with Crippen molar-refractivity contribution >= 4 is 35.3 Å². The summed E-state index contributed by atoms with van der Waals surface area (Å²) in [6, 6.07) is 0. The first-order valence-corrected chi connectivity index (χ1v) is 6.85. The van der Waals surface area contributed by atoms with E-state index in [2.05, 4.69) is 21.4 Å². The van der Waals surface area contributed by atoms with Crippen LogP contribution in [0.25, 0.3) is 6.08 Å². The topological polar surface area (TPSA) is 29.0 Å². The van der Waals surface area contributed by atoms with E-state index in [4.69, 9.17) is 11.6 Å². The van der Waals surface area contributed by atoms with E-state index in [1.807, 2.05) is 6.26 Å². The van der Waals surface area contributed by atoms with E-state index in [0.717, 1.165) is 29.5 Å². The Morgan fingerprint density at radius 2 is 2.06 bits per heavy atom. The molecule has 0 bridgehead atoms. The number of hydrogen-bond acceptors (Lipinski definition) is 4. The molecule has 0 radical (unpaired) electrons. The highest BCUT2D eigenvalue weighted by Gasteiger charge is 2.20. The molecule has 16 heavy (non-hydrogen) atoms. The smallest absolute Gasteiger partial charge is 0.224 e.